The van der Waals surface area contributed by atoms with Gasteiger partial charge in [-0.2, -0.15) is 0 Å². The lowest BCUT2D eigenvalue weighted by Crippen LogP contribution is -2.31. The average Bonchev–Trinajstić information content (AvgIpc) is 3.30. The number of amides is 1. The van der Waals surface area contributed by atoms with E-state index >= 15 is 0 Å². The first-order valence-electron chi connectivity index (χ1n) is 10.6. The van der Waals surface area contributed by atoms with Gasteiger partial charge in [0, 0.05) is 12.3 Å². The molecule has 1 aliphatic heterocycles. The second kappa shape index (κ2) is 10.3. The van der Waals surface area contributed by atoms with Crippen LogP contribution in [0.5, 0.6) is 0 Å². The molecule has 2 heterocycles. The molecule has 1 N–H and O–H groups in total. The number of thioether (sulfide) groups is 1. The van der Waals surface area contributed by atoms with E-state index in [4.69, 9.17) is 9.72 Å². The average molecular weight is 416 g/mol. The van der Waals surface area contributed by atoms with Crippen molar-refractivity contribution in [2.45, 2.75) is 70.8 Å². The van der Waals surface area contributed by atoms with Crippen molar-refractivity contribution in [3.05, 3.63) is 47.3 Å². The molecular formula is C23H33N3O2S. The molecule has 1 aliphatic rings. The Morgan fingerprint density at radius 1 is 1.31 bits per heavy atom. The van der Waals surface area contributed by atoms with Gasteiger partial charge in [0.05, 0.1) is 30.1 Å². The molecule has 2 aromatic rings. The lowest BCUT2D eigenvalue weighted by atomic mass is 9.97. The lowest BCUT2D eigenvalue weighted by molar-refractivity contribution is -0.119. The summed E-state index contributed by atoms with van der Waals surface area (Å²) in [4.78, 5) is 17.4. The van der Waals surface area contributed by atoms with Gasteiger partial charge in [-0.3, -0.25) is 4.79 Å². The summed E-state index contributed by atoms with van der Waals surface area (Å²) in [6, 6.07) is 10.3. The first kappa shape index (κ1) is 21.9. The molecule has 1 amide bonds. The van der Waals surface area contributed by atoms with Crippen molar-refractivity contribution < 1.29 is 9.53 Å². The first-order chi connectivity index (χ1) is 13.9. The minimum absolute atomic E-state index is 0.0411. The molecule has 0 radical (unpaired) electrons. The highest BCUT2D eigenvalue weighted by Gasteiger charge is 2.21. The summed E-state index contributed by atoms with van der Waals surface area (Å²) in [6.07, 6.45) is 3.39. The van der Waals surface area contributed by atoms with Crippen LogP contribution in [-0.4, -0.2) is 33.9 Å². The van der Waals surface area contributed by atoms with Crippen LogP contribution in [0.2, 0.25) is 0 Å². The van der Waals surface area contributed by atoms with E-state index < -0.39 is 0 Å². The second-order valence-electron chi connectivity index (χ2n) is 8.26. The smallest absolute Gasteiger partial charge is 0.230 e. The van der Waals surface area contributed by atoms with E-state index in [-0.39, 0.29) is 18.1 Å². The topological polar surface area (TPSA) is 56.2 Å². The summed E-state index contributed by atoms with van der Waals surface area (Å²) >= 11 is 1.51. The Bertz CT molecular complexity index is 798. The predicted octanol–water partition coefficient (Wildman–Crippen LogP) is 4.67. The highest BCUT2D eigenvalue weighted by molar-refractivity contribution is 7.99. The van der Waals surface area contributed by atoms with E-state index in [2.05, 4.69) is 42.8 Å². The molecule has 2 atom stereocenters. The largest absolute Gasteiger partial charge is 0.376 e. The number of aromatic nitrogens is 2. The van der Waals surface area contributed by atoms with Gasteiger partial charge in [-0.05, 0) is 44.6 Å². The molecule has 1 saturated heterocycles. The molecule has 2 unspecified atom stereocenters. The van der Waals surface area contributed by atoms with E-state index in [9.17, 15) is 4.79 Å². The zero-order valence-electron chi connectivity index (χ0n) is 18.0. The number of benzene rings is 1. The summed E-state index contributed by atoms with van der Waals surface area (Å²) in [5.41, 5.74) is 3.34. The Kier molecular flexibility index (Phi) is 7.78. The standard InChI is InChI=1S/C23H33N3O2S/c1-16(2)13-21(19-9-6-5-7-10-19)25-22(27)15-29-23-24-17(3)18(4)26(23)14-20-11-8-12-28-20/h5-7,9-10,16,20-21H,8,11-15H2,1-4H3,(H,25,27). The minimum atomic E-state index is 0.0411. The minimum Gasteiger partial charge on any atom is -0.376 e. The van der Waals surface area contributed by atoms with E-state index in [0.29, 0.717) is 11.7 Å². The summed E-state index contributed by atoms with van der Waals surface area (Å²) in [5, 5.41) is 4.14. The predicted molar refractivity (Wildman–Crippen MR) is 118 cm³/mol. The van der Waals surface area contributed by atoms with Crippen LogP contribution < -0.4 is 5.32 Å². The maximum absolute atomic E-state index is 12.7. The third-order valence-corrected chi connectivity index (χ3v) is 6.39. The van der Waals surface area contributed by atoms with Gasteiger partial charge < -0.3 is 14.6 Å². The van der Waals surface area contributed by atoms with Crippen LogP contribution in [0.3, 0.4) is 0 Å². The zero-order chi connectivity index (χ0) is 20.8. The first-order valence-corrected chi connectivity index (χ1v) is 11.5. The fourth-order valence-corrected chi connectivity index (χ4v) is 4.65. The molecule has 1 fully saturated rings. The van der Waals surface area contributed by atoms with Crippen LogP contribution in [0, 0.1) is 19.8 Å². The van der Waals surface area contributed by atoms with Crippen molar-refractivity contribution in [2.24, 2.45) is 5.92 Å². The van der Waals surface area contributed by atoms with Crippen LogP contribution in [0.25, 0.3) is 0 Å². The van der Waals surface area contributed by atoms with Crippen LogP contribution in [0.1, 0.15) is 56.1 Å². The fraction of sp³-hybridized carbons (Fsp3) is 0.565. The Labute approximate surface area is 178 Å². The maximum atomic E-state index is 12.7. The summed E-state index contributed by atoms with van der Waals surface area (Å²) in [6.45, 7) is 10.2. The number of nitrogens with zero attached hydrogens (tertiary/aromatic N) is 2. The monoisotopic (exact) mass is 415 g/mol. The van der Waals surface area contributed by atoms with Crippen molar-refractivity contribution in [3.8, 4) is 0 Å². The van der Waals surface area contributed by atoms with E-state index in [1.807, 2.05) is 25.1 Å². The number of ether oxygens (including phenoxy) is 1. The second-order valence-corrected chi connectivity index (χ2v) is 9.20. The number of hydrogen-bond acceptors (Lipinski definition) is 4. The molecule has 0 saturated carbocycles. The van der Waals surface area contributed by atoms with Crippen molar-refractivity contribution in [1.29, 1.82) is 0 Å². The fourth-order valence-electron chi connectivity index (χ4n) is 3.74. The molecule has 29 heavy (non-hydrogen) atoms. The molecule has 1 aromatic carbocycles. The van der Waals surface area contributed by atoms with Gasteiger partial charge in [-0.25, -0.2) is 4.98 Å². The number of rotatable bonds is 9. The van der Waals surface area contributed by atoms with Gasteiger partial charge in [0.15, 0.2) is 5.16 Å². The van der Waals surface area contributed by atoms with Gasteiger partial charge >= 0.3 is 0 Å². The third kappa shape index (κ3) is 6.09. The molecular weight excluding hydrogens is 382 g/mol. The number of nitrogens with one attached hydrogen (secondary N) is 1. The van der Waals surface area contributed by atoms with Gasteiger partial charge in [0.2, 0.25) is 5.91 Å². The molecule has 158 valence electrons. The summed E-state index contributed by atoms with van der Waals surface area (Å²) in [7, 11) is 0. The molecule has 0 spiro atoms. The van der Waals surface area contributed by atoms with Crippen molar-refractivity contribution in [3.63, 3.8) is 0 Å². The zero-order valence-corrected chi connectivity index (χ0v) is 18.8. The Morgan fingerprint density at radius 3 is 2.72 bits per heavy atom. The van der Waals surface area contributed by atoms with Gasteiger partial charge in [-0.15, -0.1) is 0 Å². The molecule has 5 nitrogen and oxygen atoms in total. The van der Waals surface area contributed by atoms with E-state index in [0.717, 1.165) is 54.5 Å². The maximum Gasteiger partial charge on any atom is 0.230 e. The third-order valence-electron chi connectivity index (χ3n) is 5.41. The Hall–Kier alpha value is -1.79. The van der Waals surface area contributed by atoms with Crippen LogP contribution in [0.15, 0.2) is 35.5 Å². The molecule has 0 aliphatic carbocycles. The highest BCUT2D eigenvalue weighted by atomic mass is 32.2. The summed E-state index contributed by atoms with van der Waals surface area (Å²) < 4.78 is 8.02. The van der Waals surface area contributed by atoms with Crippen LogP contribution in [-0.2, 0) is 16.1 Å². The lowest BCUT2D eigenvalue weighted by Gasteiger charge is -2.21. The van der Waals surface area contributed by atoms with E-state index in [1.165, 1.54) is 11.8 Å². The van der Waals surface area contributed by atoms with Crippen molar-refractivity contribution in [1.82, 2.24) is 14.9 Å². The van der Waals surface area contributed by atoms with Crippen LogP contribution >= 0.6 is 11.8 Å². The highest BCUT2D eigenvalue weighted by Crippen LogP contribution is 2.25. The SMILES string of the molecule is Cc1nc(SCC(=O)NC(CC(C)C)c2ccccc2)n(CC2CCCO2)c1C. The normalized spacial score (nSPS) is 17.6. The van der Waals surface area contributed by atoms with Gasteiger partial charge in [0.1, 0.15) is 0 Å². The molecule has 6 heteroatoms. The van der Waals surface area contributed by atoms with Crippen LogP contribution in [0.4, 0.5) is 0 Å². The van der Waals surface area contributed by atoms with Gasteiger partial charge in [0.25, 0.3) is 0 Å². The summed E-state index contributed by atoms with van der Waals surface area (Å²) in [5.74, 6) is 0.915. The van der Waals surface area contributed by atoms with E-state index in [1.54, 1.807) is 0 Å². The van der Waals surface area contributed by atoms with Crippen molar-refractivity contribution >= 4 is 17.7 Å². The number of hydrogen-bond donors (Lipinski definition) is 1. The number of imidazole rings is 1. The van der Waals surface area contributed by atoms with Crippen molar-refractivity contribution in [2.75, 3.05) is 12.4 Å². The molecule has 1 aromatic heterocycles. The molecule has 3 rings (SSSR count). The number of aryl methyl sites for hydroxylation is 1. The number of carbonyl (C=O) groups excluding carboxylic acids is 1. The van der Waals surface area contributed by atoms with Gasteiger partial charge in [-0.1, -0.05) is 55.9 Å². The Morgan fingerprint density at radius 2 is 2.07 bits per heavy atom. The molecule has 0 bridgehead atoms. The Balaban J connectivity index is 1.62. The number of carbonyl (C=O) groups is 1. The quantitative estimate of drug-likeness (QED) is 0.605.